The van der Waals surface area contributed by atoms with Gasteiger partial charge in [0, 0.05) is 25.2 Å². The Balaban J connectivity index is 1.70. The standard InChI is InChI=1S/C22H26N4O/c1-17(2)26(15-19-7-5-4-6-8-19)22-13-21(24-16-25-22)23-14-18-9-11-20(27-3)12-10-18/h4-13,16-17H,14-15H2,1-3H3,(H,23,24,25). The van der Waals surface area contributed by atoms with Crippen molar-refractivity contribution in [3.63, 3.8) is 0 Å². The van der Waals surface area contributed by atoms with Crippen LogP contribution >= 0.6 is 0 Å². The van der Waals surface area contributed by atoms with Crippen LogP contribution in [0, 0.1) is 0 Å². The van der Waals surface area contributed by atoms with Crippen LogP contribution in [0.1, 0.15) is 25.0 Å². The molecule has 0 fully saturated rings. The average Bonchev–Trinajstić information content (AvgIpc) is 2.71. The highest BCUT2D eigenvalue weighted by atomic mass is 16.5. The minimum atomic E-state index is 0.328. The fourth-order valence-electron chi connectivity index (χ4n) is 2.85. The smallest absolute Gasteiger partial charge is 0.134 e. The molecule has 1 heterocycles. The van der Waals surface area contributed by atoms with Gasteiger partial charge in [-0.15, -0.1) is 0 Å². The summed E-state index contributed by atoms with van der Waals surface area (Å²) in [6.45, 7) is 5.86. The first-order valence-corrected chi connectivity index (χ1v) is 9.15. The van der Waals surface area contributed by atoms with Crippen molar-refractivity contribution in [1.29, 1.82) is 0 Å². The molecule has 3 rings (SSSR count). The van der Waals surface area contributed by atoms with Gasteiger partial charge in [-0.25, -0.2) is 9.97 Å². The second-order valence-electron chi connectivity index (χ2n) is 6.67. The summed E-state index contributed by atoms with van der Waals surface area (Å²) in [5.41, 5.74) is 2.43. The van der Waals surface area contributed by atoms with Crippen LogP contribution in [-0.2, 0) is 13.1 Å². The summed E-state index contributed by atoms with van der Waals surface area (Å²) in [5, 5.41) is 3.38. The summed E-state index contributed by atoms with van der Waals surface area (Å²) in [7, 11) is 1.67. The second kappa shape index (κ2) is 9.03. The molecule has 5 nitrogen and oxygen atoms in total. The molecule has 0 amide bonds. The minimum Gasteiger partial charge on any atom is -0.497 e. The molecule has 0 atom stereocenters. The number of aromatic nitrogens is 2. The summed E-state index contributed by atoms with van der Waals surface area (Å²) in [5.74, 6) is 2.59. The van der Waals surface area contributed by atoms with Crippen molar-refractivity contribution in [2.45, 2.75) is 33.0 Å². The van der Waals surface area contributed by atoms with Gasteiger partial charge in [-0.2, -0.15) is 0 Å². The average molecular weight is 362 g/mol. The number of benzene rings is 2. The van der Waals surface area contributed by atoms with Gasteiger partial charge in [-0.1, -0.05) is 42.5 Å². The first-order chi connectivity index (χ1) is 13.2. The molecule has 0 aliphatic carbocycles. The van der Waals surface area contributed by atoms with E-state index in [1.165, 1.54) is 11.1 Å². The van der Waals surface area contributed by atoms with E-state index < -0.39 is 0 Å². The van der Waals surface area contributed by atoms with Gasteiger partial charge in [0.25, 0.3) is 0 Å². The maximum atomic E-state index is 5.20. The number of nitrogens with one attached hydrogen (secondary N) is 1. The van der Waals surface area contributed by atoms with Gasteiger partial charge in [0.1, 0.15) is 23.7 Å². The Morgan fingerprint density at radius 3 is 2.37 bits per heavy atom. The number of anilines is 2. The Morgan fingerprint density at radius 2 is 1.70 bits per heavy atom. The van der Waals surface area contributed by atoms with E-state index in [1.807, 2.05) is 36.4 Å². The third-order valence-corrected chi connectivity index (χ3v) is 4.40. The Bertz CT molecular complexity index is 834. The SMILES string of the molecule is COc1ccc(CNc2cc(N(Cc3ccccc3)C(C)C)ncn2)cc1. The fourth-order valence-corrected chi connectivity index (χ4v) is 2.85. The van der Waals surface area contributed by atoms with E-state index in [0.717, 1.165) is 23.9 Å². The zero-order valence-electron chi connectivity index (χ0n) is 16.1. The number of nitrogens with zero attached hydrogens (tertiary/aromatic N) is 3. The lowest BCUT2D eigenvalue weighted by atomic mass is 10.2. The van der Waals surface area contributed by atoms with E-state index in [1.54, 1.807) is 13.4 Å². The summed E-state index contributed by atoms with van der Waals surface area (Å²) < 4.78 is 5.20. The van der Waals surface area contributed by atoms with Crippen molar-refractivity contribution in [1.82, 2.24) is 9.97 Å². The zero-order valence-corrected chi connectivity index (χ0v) is 16.1. The molecule has 0 aliphatic rings. The second-order valence-corrected chi connectivity index (χ2v) is 6.67. The minimum absolute atomic E-state index is 0.328. The maximum absolute atomic E-state index is 5.20. The molecule has 5 heteroatoms. The topological polar surface area (TPSA) is 50.3 Å². The normalized spacial score (nSPS) is 10.7. The lowest BCUT2D eigenvalue weighted by molar-refractivity contribution is 0.414. The fraction of sp³-hybridized carbons (Fsp3) is 0.273. The molecule has 2 aromatic carbocycles. The van der Waals surface area contributed by atoms with Crippen LogP contribution < -0.4 is 15.0 Å². The molecular formula is C22H26N4O. The highest BCUT2D eigenvalue weighted by Crippen LogP contribution is 2.20. The lowest BCUT2D eigenvalue weighted by Crippen LogP contribution is -2.31. The van der Waals surface area contributed by atoms with E-state index >= 15 is 0 Å². The molecule has 0 spiro atoms. The Labute approximate surface area is 161 Å². The van der Waals surface area contributed by atoms with Gasteiger partial charge >= 0.3 is 0 Å². The summed E-state index contributed by atoms with van der Waals surface area (Å²) in [6.07, 6.45) is 1.62. The number of ether oxygens (including phenoxy) is 1. The number of rotatable bonds is 8. The largest absolute Gasteiger partial charge is 0.497 e. The number of hydrogen-bond donors (Lipinski definition) is 1. The molecular weight excluding hydrogens is 336 g/mol. The van der Waals surface area contributed by atoms with E-state index in [9.17, 15) is 0 Å². The Morgan fingerprint density at radius 1 is 0.963 bits per heavy atom. The van der Waals surface area contributed by atoms with Crippen LogP contribution in [0.5, 0.6) is 5.75 Å². The van der Waals surface area contributed by atoms with E-state index in [2.05, 4.69) is 58.3 Å². The Hall–Kier alpha value is -3.08. The van der Waals surface area contributed by atoms with Gasteiger partial charge in [0.2, 0.25) is 0 Å². The first kappa shape index (κ1) is 18.7. The molecule has 0 radical (unpaired) electrons. The van der Waals surface area contributed by atoms with Crippen LogP contribution in [0.15, 0.2) is 67.0 Å². The van der Waals surface area contributed by atoms with Crippen molar-refractivity contribution < 1.29 is 4.74 Å². The van der Waals surface area contributed by atoms with Crippen LogP contribution in [0.2, 0.25) is 0 Å². The number of hydrogen-bond acceptors (Lipinski definition) is 5. The van der Waals surface area contributed by atoms with E-state index in [0.29, 0.717) is 12.6 Å². The van der Waals surface area contributed by atoms with Crippen molar-refractivity contribution >= 4 is 11.6 Å². The van der Waals surface area contributed by atoms with E-state index in [-0.39, 0.29) is 0 Å². The summed E-state index contributed by atoms with van der Waals surface area (Å²) in [6, 6.07) is 20.8. The molecule has 0 unspecified atom stereocenters. The zero-order chi connectivity index (χ0) is 19.1. The molecule has 1 N–H and O–H groups in total. The van der Waals surface area contributed by atoms with Gasteiger partial charge in [-0.05, 0) is 37.1 Å². The molecule has 140 valence electrons. The molecule has 1 aromatic heterocycles. The van der Waals surface area contributed by atoms with Crippen LogP contribution in [0.25, 0.3) is 0 Å². The first-order valence-electron chi connectivity index (χ1n) is 9.15. The van der Waals surface area contributed by atoms with Crippen molar-refractivity contribution in [3.05, 3.63) is 78.1 Å². The van der Waals surface area contributed by atoms with Crippen LogP contribution in [0.4, 0.5) is 11.6 Å². The van der Waals surface area contributed by atoms with Crippen molar-refractivity contribution in [2.75, 3.05) is 17.3 Å². The van der Waals surface area contributed by atoms with Gasteiger partial charge < -0.3 is 15.0 Å². The molecule has 0 saturated heterocycles. The molecule has 27 heavy (non-hydrogen) atoms. The molecule has 0 aliphatic heterocycles. The summed E-state index contributed by atoms with van der Waals surface area (Å²) in [4.78, 5) is 11.1. The highest BCUT2D eigenvalue weighted by molar-refractivity contribution is 5.49. The predicted molar refractivity (Wildman–Crippen MR) is 110 cm³/mol. The maximum Gasteiger partial charge on any atom is 0.134 e. The third kappa shape index (κ3) is 5.20. The van der Waals surface area contributed by atoms with Crippen molar-refractivity contribution in [2.24, 2.45) is 0 Å². The predicted octanol–water partition coefficient (Wildman–Crippen LogP) is 4.51. The molecule has 0 saturated carbocycles. The lowest BCUT2D eigenvalue weighted by Gasteiger charge is -2.28. The molecule has 3 aromatic rings. The highest BCUT2D eigenvalue weighted by Gasteiger charge is 2.13. The van der Waals surface area contributed by atoms with Gasteiger partial charge in [0.15, 0.2) is 0 Å². The quantitative estimate of drug-likeness (QED) is 0.639. The van der Waals surface area contributed by atoms with Gasteiger partial charge in [-0.3, -0.25) is 0 Å². The van der Waals surface area contributed by atoms with Crippen LogP contribution in [0.3, 0.4) is 0 Å². The third-order valence-electron chi connectivity index (χ3n) is 4.40. The van der Waals surface area contributed by atoms with E-state index in [4.69, 9.17) is 4.74 Å². The molecule has 0 bridgehead atoms. The van der Waals surface area contributed by atoms with Gasteiger partial charge in [0.05, 0.1) is 7.11 Å². The number of methoxy groups -OCH3 is 1. The van der Waals surface area contributed by atoms with Crippen LogP contribution in [-0.4, -0.2) is 23.1 Å². The monoisotopic (exact) mass is 362 g/mol. The summed E-state index contributed by atoms with van der Waals surface area (Å²) >= 11 is 0. The van der Waals surface area contributed by atoms with Crippen molar-refractivity contribution in [3.8, 4) is 5.75 Å². The Kier molecular flexibility index (Phi) is 6.26.